The highest BCUT2D eigenvalue weighted by atomic mass is 32.2. The van der Waals surface area contributed by atoms with Crippen LogP contribution in [-0.4, -0.2) is 52.1 Å². The van der Waals surface area contributed by atoms with E-state index in [1.807, 2.05) is 6.08 Å². The minimum absolute atomic E-state index is 0.175. The van der Waals surface area contributed by atoms with Crippen molar-refractivity contribution in [2.45, 2.75) is 64.1 Å². The van der Waals surface area contributed by atoms with E-state index in [1.165, 1.54) is 36.1 Å². The number of likely N-dealkylation sites (N-methyl/N-ethyl adjacent to an activating group) is 1. The van der Waals surface area contributed by atoms with Crippen LogP contribution in [0.2, 0.25) is 0 Å². The predicted molar refractivity (Wildman–Crippen MR) is 141 cm³/mol. The molecule has 0 aromatic heterocycles. The molecule has 3 aliphatic heterocycles. The third-order valence-corrected chi connectivity index (χ3v) is 9.14. The Morgan fingerprint density at radius 2 is 2.09 bits per heavy atom. The molecule has 0 amide bonds. The zero-order valence-electron chi connectivity index (χ0n) is 20.5. The number of hydrogen-bond donors (Lipinski definition) is 2. The molecule has 0 aromatic rings. The minimum Gasteiger partial charge on any atom is -0.481 e. The first-order chi connectivity index (χ1) is 16.4. The van der Waals surface area contributed by atoms with Gasteiger partial charge in [-0.15, -0.1) is 0 Å². The molecule has 1 saturated heterocycles. The smallest absolute Gasteiger partial charge is 0.310 e. The summed E-state index contributed by atoms with van der Waals surface area (Å²) in [7, 11) is 2.17. The molecule has 5 rings (SSSR count). The number of aliphatic carboxylic acids is 1. The van der Waals surface area contributed by atoms with E-state index < -0.39 is 11.9 Å². The molecule has 0 aromatic carbocycles. The van der Waals surface area contributed by atoms with Gasteiger partial charge in [0.15, 0.2) is 0 Å². The van der Waals surface area contributed by atoms with E-state index in [-0.39, 0.29) is 12.1 Å². The Morgan fingerprint density at radius 1 is 1.26 bits per heavy atom. The van der Waals surface area contributed by atoms with Crippen LogP contribution in [0.4, 0.5) is 0 Å². The number of thioether (sulfide) groups is 1. The Bertz CT molecular complexity index is 1010. The van der Waals surface area contributed by atoms with E-state index >= 15 is 0 Å². The number of aliphatic imine (C=N–C) groups is 1. The molecule has 2 fully saturated rings. The van der Waals surface area contributed by atoms with E-state index in [0.29, 0.717) is 24.3 Å². The lowest BCUT2D eigenvalue weighted by atomic mass is 9.80. The molecule has 1 saturated carbocycles. The summed E-state index contributed by atoms with van der Waals surface area (Å²) >= 11 is 1.77. The molecule has 2 N–H and O–H groups in total. The lowest BCUT2D eigenvalue weighted by molar-refractivity contribution is -0.141. The van der Waals surface area contributed by atoms with E-state index in [9.17, 15) is 9.90 Å². The molecule has 2 aliphatic carbocycles. The van der Waals surface area contributed by atoms with Crippen molar-refractivity contribution in [2.24, 2.45) is 28.7 Å². The molecule has 3 heterocycles. The van der Waals surface area contributed by atoms with Gasteiger partial charge < -0.3 is 10.0 Å². The fourth-order valence-electron chi connectivity index (χ4n) is 6.34. The van der Waals surface area contributed by atoms with Crippen molar-refractivity contribution in [3.05, 3.63) is 59.4 Å². The topological polar surface area (TPSA) is 74.8 Å². The second-order valence-electron chi connectivity index (χ2n) is 10.5. The highest BCUT2D eigenvalue weighted by Gasteiger charge is 2.48. The summed E-state index contributed by atoms with van der Waals surface area (Å²) in [5.41, 5.74) is 3.89. The summed E-state index contributed by atoms with van der Waals surface area (Å²) in [6.07, 6.45) is 20.8. The van der Waals surface area contributed by atoms with Crippen LogP contribution in [0.5, 0.6) is 0 Å². The van der Waals surface area contributed by atoms with E-state index in [4.69, 9.17) is 0 Å². The highest BCUT2D eigenvalue weighted by molar-refractivity contribution is 8.15. The van der Waals surface area contributed by atoms with Crippen LogP contribution in [0.1, 0.15) is 46.0 Å². The molecule has 34 heavy (non-hydrogen) atoms. The first kappa shape index (κ1) is 23.7. The number of nitrogens with one attached hydrogen (secondary N) is 1. The van der Waals surface area contributed by atoms with Crippen molar-refractivity contribution in [1.82, 2.24) is 10.2 Å². The third-order valence-electron chi connectivity index (χ3n) is 8.32. The van der Waals surface area contributed by atoms with Crippen molar-refractivity contribution < 1.29 is 9.90 Å². The van der Waals surface area contributed by atoms with Crippen molar-refractivity contribution in [1.29, 1.82) is 0 Å². The number of carbonyl (C=O) groups is 1. The second-order valence-corrected chi connectivity index (χ2v) is 11.5. The van der Waals surface area contributed by atoms with Gasteiger partial charge in [-0.1, -0.05) is 61.1 Å². The summed E-state index contributed by atoms with van der Waals surface area (Å²) in [6, 6.07) is 0.754. The maximum absolute atomic E-state index is 12.1. The molecule has 0 radical (unpaired) electrons. The van der Waals surface area contributed by atoms with Crippen molar-refractivity contribution >= 4 is 22.8 Å². The number of rotatable bonds is 7. The number of allylic oxidation sites excluding steroid dienone is 5. The maximum atomic E-state index is 12.1. The highest BCUT2D eigenvalue weighted by Crippen LogP contribution is 2.43. The fraction of sp³-hybridized carbons (Fsp3) is 0.571. The first-order valence-electron chi connectivity index (χ1n) is 12.8. The molecule has 0 bridgehead atoms. The quantitative estimate of drug-likeness (QED) is 0.390. The molecule has 5 aliphatic rings. The van der Waals surface area contributed by atoms with Crippen molar-refractivity contribution in [3.63, 3.8) is 0 Å². The van der Waals surface area contributed by atoms with E-state index in [2.05, 4.69) is 72.6 Å². The first-order valence-corrected chi connectivity index (χ1v) is 13.8. The van der Waals surface area contributed by atoms with Gasteiger partial charge in [0.1, 0.15) is 0 Å². The lowest BCUT2D eigenvalue weighted by Crippen LogP contribution is -2.44. The van der Waals surface area contributed by atoms with E-state index in [0.717, 1.165) is 23.3 Å². The number of hydrogen-bond acceptors (Lipinski definition) is 5. The van der Waals surface area contributed by atoms with Crippen LogP contribution in [0.3, 0.4) is 0 Å². The average Bonchev–Trinajstić information content (AvgIpc) is 3.45. The molecular formula is C28H37N3O2S. The van der Waals surface area contributed by atoms with Gasteiger partial charge in [-0.25, -0.2) is 0 Å². The van der Waals surface area contributed by atoms with Crippen LogP contribution >= 0.6 is 11.8 Å². The van der Waals surface area contributed by atoms with Crippen molar-refractivity contribution in [3.8, 4) is 0 Å². The zero-order valence-corrected chi connectivity index (χ0v) is 21.3. The molecule has 7 atom stereocenters. The monoisotopic (exact) mass is 479 g/mol. The second kappa shape index (κ2) is 9.90. The van der Waals surface area contributed by atoms with Crippen LogP contribution in [0, 0.1) is 23.7 Å². The number of nitrogens with zero attached hydrogens (tertiary/aromatic N) is 2. The average molecular weight is 480 g/mol. The third kappa shape index (κ3) is 4.85. The van der Waals surface area contributed by atoms with Gasteiger partial charge in [-0.3, -0.25) is 15.1 Å². The zero-order chi connectivity index (χ0) is 23.8. The van der Waals surface area contributed by atoms with Gasteiger partial charge in [0.05, 0.1) is 28.9 Å². The van der Waals surface area contributed by atoms with Gasteiger partial charge >= 0.3 is 5.97 Å². The molecule has 6 unspecified atom stereocenters. The van der Waals surface area contributed by atoms with Gasteiger partial charge in [0, 0.05) is 24.7 Å². The van der Waals surface area contributed by atoms with Crippen LogP contribution < -0.4 is 5.32 Å². The van der Waals surface area contributed by atoms with Gasteiger partial charge in [0.25, 0.3) is 0 Å². The van der Waals surface area contributed by atoms with Gasteiger partial charge in [-0.05, 0) is 62.2 Å². The SMILES string of the molecule is C/C=C(\C1NC1C1=CC(C(=O)O)CC(C2C=C(/C=C/C3=NCS3)C=CC2)N1C)[C@H]1CCC(C)C1. The van der Waals surface area contributed by atoms with Crippen LogP contribution in [0.25, 0.3) is 0 Å². The Hall–Kier alpha value is -2.05. The minimum atomic E-state index is -0.709. The number of carboxylic acids is 1. The fourth-order valence-corrected chi connectivity index (χ4v) is 6.78. The Kier molecular flexibility index (Phi) is 6.90. The Labute approximate surface area is 207 Å². The van der Waals surface area contributed by atoms with Crippen LogP contribution in [0.15, 0.2) is 64.4 Å². The van der Waals surface area contributed by atoms with E-state index in [1.54, 1.807) is 11.8 Å². The Morgan fingerprint density at radius 3 is 2.74 bits per heavy atom. The molecular weight excluding hydrogens is 442 g/mol. The lowest BCUT2D eigenvalue weighted by Gasteiger charge is -2.41. The van der Waals surface area contributed by atoms with Gasteiger partial charge in [0.2, 0.25) is 0 Å². The largest absolute Gasteiger partial charge is 0.481 e. The molecule has 6 heteroatoms. The standard InChI is InChI=1S/C28H37N3O2S/c1-4-22(19-10-8-17(2)12-19)26-27(30-26)24-15-21(28(32)33)14-23(31(24)3)20-7-5-6-18(13-20)9-11-25-29-16-34-25/h4-6,9,11,13,15,17,19-21,23,26-27,30H,7-8,10,12,14,16H2,1-3H3,(H,32,33)/b11-9+,22-4-/t17?,19-,20?,21?,23?,26?,27?/m0/s1. The molecule has 5 nitrogen and oxygen atoms in total. The predicted octanol–water partition coefficient (Wildman–Crippen LogP) is 5.16. The number of carboxylic acid groups (broad SMARTS) is 1. The summed E-state index contributed by atoms with van der Waals surface area (Å²) in [5.74, 6) is 1.49. The maximum Gasteiger partial charge on any atom is 0.310 e. The van der Waals surface area contributed by atoms with Gasteiger partial charge in [-0.2, -0.15) is 0 Å². The molecule has 182 valence electrons. The summed E-state index contributed by atoms with van der Waals surface area (Å²) in [4.78, 5) is 18.9. The summed E-state index contributed by atoms with van der Waals surface area (Å²) < 4.78 is 0. The Balaban J connectivity index is 1.33. The molecule has 0 spiro atoms. The van der Waals surface area contributed by atoms with Crippen LogP contribution in [-0.2, 0) is 4.79 Å². The normalized spacial score (nSPS) is 37.9. The van der Waals surface area contributed by atoms with Crippen molar-refractivity contribution in [2.75, 3.05) is 12.9 Å². The summed E-state index contributed by atoms with van der Waals surface area (Å²) in [5, 5.41) is 14.8. The summed E-state index contributed by atoms with van der Waals surface area (Å²) in [6.45, 7) is 4.53.